The van der Waals surface area contributed by atoms with E-state index in [0.717, 1.165) is 0 Å². The van der Waals surface area contributed by atoms with Gasteiger partial charge in [-0.25, -0.2) is 0 Å². The Bertz CT molecular complexity index is 770. The molecule has 0 aliphatic carbocycles. The molecule has 0 amide bonds. The molecule has 0 saturated carbocycles. The number of carbonyl (C=O) groups excluding carboxylic acids is 2. The molecule has 26 heavy (non-hydrogen) atoms. The van der Waals surface area contributed by atoms with E-state index in [1.54, 1.807) is 38.1 Å². The zero-order valence-corrected chi connectivity index (χ0v) is 16.1. The molecule has 0 spiro atoms. The number of esters is 2. The lowest BCUT2D eigenvalue weighted by atomic mass is 9.97. The molecular formula is C16H15Cl3N2O5. The fraction of sp³-hybridized carbons (Fsp3) is 0.375. The highest BCUT2D eigenvalue weighted by Gasteiger charge is 2.33. The van der Waals surface area contributed by atoms with Gasteiger partial charge in [-0.15, -0.1) is 0 Å². The van der Waals surface area contributed by atoms with Gasteiger partial charge in [0, 0.05) is 5.56 Å². The molecule has 0 fully saturated rings. The second-order valence-corrected chi connectivity index (χ2v) is 7.26. The van der Waals surface area contributed by atoms with Gasteiger partial charge < -0.3 is 14.0 Å². The third kappa shape index (κ3) is 4.87. The molecule has 0 bridgehead atoms. The van der Waals surface area contributed by atoms with Crippen LogP contribution in [0.15, 0.2) is 28.8 Å². The fourth-order valence-corrected chi connectivity index (χ4v) is 2.36. The Hall–Kier alpha value is -1.83. The molecule has 0 radical (unpaired) electrons. The number of aromatic nitrogens is 2. The molecule has 1 heterocycles. The molecule has 1 aromatic heterocycles. The van der Waals surface area contributed by atoms with Crippen molar-refractivity contribution in [2.75, 3.05) is 13.2 Å². The molecular weight excluding hydrogens is 407 g/mol. The van der Waals surface area contributed by atoms with Crippen LogP contribution in [0, 0.1) is 0 Å². The molecule has 0 aliphatic heterocycles. The second-order valence-electron chi connectivity index (χ2n) is 4.98. The Balaban J connectivity index is 2.40. The number of alkyl halides is 3. The Morgan fingerprint density at radius 2 is 1.77 bits per heavy atom. The summed E-state index contributed by atoms with van der Waals surface area (Å²) in [5.74, 6) is -2.71. The van der Waals surface area contributed by atoms with Gasteiger partial charge in [0.15, 0.2) is 5.92 Å². The van der Waals surface area contributed by atoms with Crippen LogP contribution >= 0.6 is 34.8 Å². The van der Waals surface area contributed by atoms with E-state index in [1.807, 2.05) is 0 Å². The average molecular weight is 422 g/mol. The first-order valence-electron chi connectivity index (χ1n) is 7.62. The monoisotopic (exact) mass is 420 g/mol. The Morgan fingerprint density at radius 3 is 2.27 bits per heavy atom. The number of nitrogens with zero attached hydrogens (tertiary/aromatic N) is 2. The van der Waals surface area contributed by atoms with Crippen molar-refractivity contribution < 1.29 is 23.6 Å². The van der Waals surface area contributed by atoms with E-state index < -0.39 is 21.6 Å². The van der Waals surface area contributed by atoms with Gasteiger partial charge in [-0.05, 0) is 25.5 Å². The first-order chi connectivity index (χ1) is 12.3. The van der Waals surface area contributed by atoms with Crippen molar-refractivity contribution in [2.45, 2.75) is 23.6 Å². The maximum Gasteiger partial charge on any atom is 0.324 e. The minimum Gasteiger partial charge on any atom is -0.465 e. The van der Waals surface area contributed by atoms with Crippen LogP contribution in [0.3, 0.4) is 0 Å². The van der Waals surface area contributed by atoms with Crippen molar-refractivity contribution in [3.05, 3.63) is 35.7 Å². The maximum absolute atomic E-state index is 12.2. The third-order valence-electron chi connectivity index (χ3n) is 3.19. The summed E-state index contributed by atoms with van der Waals surface area (Å²) in [4.78, 5) is 28.4. The second kappa shape index (κ2) is 8.70. The van der Waals surface area contributed by atoms with Crippen molar-refractivity contribution in [3.8, 4) is 11.4 Å². The molecule has 1 aromatic carbocycles. The minimum atomic E-state index is -1.86. The summed E-state index contributed by atoms with van der Waals surface area (Å²) >= 11 is 17.1. The van der Waals surface area contributed by atoms with Crippen molar-refractivity contribution in [2.24, 2.45) is 0 Å². The van der Waals surface area contributed by atoms with Crippen LogP contribution in [0.25, 0.3) is 11.4 Å². The standard InChI is InChI=1S/C16H15Cl3N2O5/c1-3-24-13(22)11(14(23)25-4-2)9-6-5-7-10(8-9)12-20-15(26-21-12)16(17,18)19/h5-8,11H,3-4H2,1-2H3. The van der Waals surface area contributed by atoms with E-state index in [4.69, 9.17) is 48.8 Å². The van der Waals surface area contributed by atoms with E-state index in [1.165, 1.54) is 0 Å². The predicted octanol–water partition coefficient (Wildman–Crippen LogP) is 3.77. The zero-order valence-electron chi connectivity index (χ0n) is 13.9. The van der Waals surface area contributed by atoms with E-state index in [-0.39, 0.29) is 24.9 Å². The molecule has 2 rings (SSSR count). The number of halogens is 3. The lowest BCUT2D eigenvalue weighted by Crippen LogP contribution is -2.26. The van der Waals surface area contributed by atoms with Gasteiger partial charge >= 0.3 is 11.9 Å². The molecule has 0 atom stereocenters. The van der Waals surface area contributed by atoms with E-state index in [2.05, 4.69) is 10.1 Å². The first-order valence-corrected chi connectivity index (χ1v) is 8.75. The Labute approximate surface area is 164 Å². The van der Waals surface area contributed by atoms with Gasteiger partial charge in [-0.3, -0.25) is 9.59 Å². The Kier molecular flexibility index (Phi) is 6.86. The van der Waals surface area contributed by atoms with Crippen LogP contribution in [0.1, 0.15) is 31.2 Å². The summed E-state index contributed by atoms with van der Waals surface area (Å²) in [5.41, 5.74) is 0.824. The normalized spacial score (nSPS) is 11.5. The highest BCUT2D eigenvalue weighted by molar-refractivity contribution is 6.66. The fourth-order valence-electron chi connectivity index (χ4n) is 2.13. The third-order valence-corrected chi connectivity index (χ3v) is 3.68. The SMILES string of the molecule is CCOC(=O)C(C(=O)OCC)c1cccc(-c2noc(C(Cl)(Cl)Cl)n2)c1. The number of benzene rings is 1. The Morgan fingerprint density at radius 1 is 1.15 bits per heavy atom. The molecule has 0 aliphatic rings. The molecule has 0 unspecified atom stereocenters. The van der Waals surface area contributed by atoms with Crippen molar-refractivity contribution >= 4 is 46.7 Å². The quantitative estimate of drug-likeness (QED) is 0.398. The van der Waals surface area contributed by atoms with Crippen LogP contribution in [0.5, 0.6) is 0 Å². The predicted molar refractivity (Wildman–Crippen MR) is 95.0 cm³/mol. The molecule has 140 valence electrons. The van der Waals surface area contributed by atoms with Crippen molar-refractivity contribution in [1.82, 2.24) is 10.1 Å². The van der Waals surface area contributed by atoms with Gasteiger partial charge in [-0.2, -0.15) is 4.98 Å². The number of rotatable bonds is 6. The zero-order chi connectivity index (χ0) is 19.3. The van der Waals surface area contributed by atoms with E-state index in [9.17, 15) is 9.59 Å². The molecule has 0 saturated heterocycles. The number of hydrogen-bond acceptors (Lipinski definition) is 7. The lowest BCUT2D eigenvalue weighted by molar-refractivity contribution is -0.156. The summed E-state index contributed by atoms with van der Waals surface area (Å²) in [5, 5.41) is 3.74. The van der Waals surface area contributed by atoms with Gasteiger partial charge in [0.1, 0.15) is 0 Å². The molecule has 0 N–H and O–H groups in total. The summed E-state index contributed by atoms with van der Waals surface area (Å²) in [7, 11) is 0. The average Bonchev–Trinajstić information content (AvgIpc) is 3.06. The van der Waals surface area contributed by atoms with Crippen LogP contribution < -0.4 is 0 Å². The lowest BCUT2D eigenvalue weighted by Gasteiger charge is -2.15. The van der Waals surface area contributed by atoms with Crippen LogP contribution in [0.2, 0.25) is 0 Å². The summed E-state index contributed by atoms with van der Waals surface area (Å²) in [6.07, 6.45) is 0. The van der Waals surface area contributed by atoms with Gasteiger partial charge in [0.25, 0.3) is 9.68 Å². The van der Waals surface area contributed by atoms with E-state index in [0.29, 0.717) is 11.1 Å². The van der Waals surface area contributed by atoms with Gasteiger partial charge in [-0.1, -0.05) is 58.2 Å². The number of carbonyl (C=O) groups is 2. The minimum absolute atomic E-state index is 0.131. The van der Waals surface area contributed by atoms with Crippen LogP contribution in [-0.4, -0.2) is 35.3 Å². The van der Waals surface area contributed by atoms with Crippen LogP contribution in [0.4, 0.5) is 0 Å². The highest BCUT2D eigenvalue weighted by atomic mass is 35.6. The van der Waals surface area contributed by atoms with Crippen molar-refractivity contribution in [3.63, 3.8) is 0 Å². The van der Waals surface area contributed by atoms with Gasteiger partial charge in [0.05, 0.1) is 13.2 Å². The first kappa shape index (κ1) is 20.5. The van der Waals surface area contributed by atoms with Gasteiger partial charge in [0.2, 0.25) is 5.82 Å². The summed E-state index contributed by atoms with van der Waals surface area (Å²) in [6.45, 7) is 3.56. The smallest absolute Gasteiger partial charge is 0.324 e. The molecule has 7 nitrogen and oxygen atoms in total. The maximum atomic E-state index is 12.2. The largest absolute Gasteiger partial charge is 0.465 e. The molecule has 10 heteroatoms. The summed E-state index contributed by atoms with van der Waals surface area (Å²) < 4.78 is 13.0. The number of hydrogen-bond donors (Lipinski definition) is 0. The number of ether oxygens (including phenoxy) is 2. The topological polar surface area (TPSA) is 91.5 Å². The van der Waals surface area contributed by atoms with Crippen molar-refractivity contribution in [1.29, 1.82) is 0 Å². The summed E-state index contributed by atoms with van der Waals surface area (Å²) in [6, 6.07) is 6.43. The highest BCUT2D eigenvalue weighted by Crippen LogP contribution is 2.37. The van der Waals surface area contributed by atoms with Crippen LogP contribution in [-0.2, 0) is 22.9 Å². The van der Waals surface area contributed by atoms with E-state index >= 15 is 0 Å². The molecule has 2 aromatic rings.